The highest BCUT2D eigenvalue weighted by atomic mass is 32.1. The van der Waals surface area contributed by atoms with Gasteiger partial charge in [0.2, 0.25) is 5.95 Å². The molecule has 0 atom stereocenters. The molecule has 0 saturated heterocycles. The highest BCUT2D eigenvalue weighted by Gasteiger charge is 2.02. The number of rotatable bonds is 6. The lowest BCUT2D eigenvalue weighted by Crippen LogP contribution is -2.08. The first-order valence-corrected chi connectivity index (χ1v) is 6.71. The second kappa shape index (κ2) is 6.15. The molecule has 0 fully saturated rings. The number of nitrogens with one attached hydrogen (secondary N) is 2. The van der Waals surface area contributed by atoms with Gasteiger partial charge in [-0.1, -0.05) is 6.92 Å². The maximum absolute atomic E-state index is 5.66. The largest absolute Gasteiger partial charge is 0.370 e. The summed E-state index contributed by atoms with van der Waals surface area (Å²) in [4.78, 5) is 12.4. The van der Waals surface area contributed by atoms with Crippen LogP contribution in [0.3, 0.4) is 0 Å². The molecule has 4 N–H and O–H groups in total. The molecule has 0 saturated carbocycles. The van der Waals surface area contributed by atoms with E-state index in [9.17, 15) is 0 Å². The molecule has 7 heteroatoms. The maximum atomic E-state index is 5.66. The maximum Gasteiger partial charge on any atom is 0.223 e. The smallest absolute Gasteiger partial charge is 0.223 e. The number of anilines is 3. The summed E-state index contributed by atoms with van der Waals surface area (Å²) in [5.74, 6) is 1.70. The van der Waals surface area contributed by atoms with Crippen molar-refractivity contribution < 1.29 is 0 Å². The van der Waals surface area contributed by atoms with Crippen LogP contribution in [0.25, 0.3) is 0 Å². The molecule has 2 aromatic heterocycles. The number of hydrogen-bond donors (Lipinski definition) is 3. The first-order chi connectivity index (χ1) is 8.78. The van der Waals surface area contributed by atoms with Crippen LogP contribution in [0.4, 0.5) is 17.6 Å². The van der Waals surface area contributed by atoms with Crippen LogP contribution in [0.15, 0.2) is 17.0 Å². The van der Waals surface area contributed by atoms with Gasteiger partial charge in [0.25, 0.3) is 0 Å². The van der Waals surface area contributed by atoms with Crippen LogP contribution in [0.1, 0.15) is 19.0 Å². The standard InChI is InChI=1S/C11H16N6S/c1-2-3-13-9-4-10(17-11(12)16-9)14-5-8-6-18-7-15-8/h4,6-7H,2-3,5H2,1H3,(H4,12,13,14,16,17). The minimum atomic E-state index is 0.261. The van der Waals surface area contributed by atoms with Crippen LogP contribution in [-0.2, 0) is 6.54 Å². The van der Waals surface area contributed by atoms with Crippen molar-refractivity contribution >= 4 is 28.9 Å². The van der Waals surface area contributed by atoms with Gasteiger partial charge in [-0.05, 0) is 6.42 Å². The highest BCUT2D eigenvalue weighted by molar-refractivity contribution is 7.07. The Morgan fingerprint density at radius 2 is 2.06 bits per heavy atom. The Hall–Kier alpha value is -1.89. The molecule has 2 aromatic rings. The lowest BCUT2D eigenvalue weighted by Gasteiger charge is -2.08. The van der Waals surface area contributed by atoms with E-state index in [-0.39, 0.29) is 5.95 Å². The highest BCUT2D eigenvalue weighted by Crippen LogP contribution is 2.13. The third kappa shape index (κ3) is 3.56. The van der Waals surface area contributed by atoms with E-state index in [1.54, 1.807) is 16.8 Å². The minimum absolute atomic E-state index is 0.261. The van der Waals surface area contributed by atoms with Gasteiger partial charge in [-0.2, -0.15) is 9.97 Å². The molecule has 0 amide bonds. The molecule has 0 unspecified atom stereocenters. The Labute approximate surface area is 110 Å². The summed E-state index contributed by atoms with van der Waals surface area (Å²) in [5, 5.41) is 8.36. The quantitative estimate of drug-likeness (QED) is 0.739. The molecule has 0 aliphatic heterocycles. The molecule has 0 aliphatic carbocycles. The predicted molar refractivity (Wildman–Crippen MR) is 74.7 cm³/mol. The molecule has 2 rings (SSSR count). The SMILES string of the molecule is CCCNc1cc(NCc2cscn2)nc(N)n1. The summed E-state index contributed by atoms with van der Waals surface area (Å²) in [6.07, 6.45) is 1.03. The first-order valence-electron chi connectivity index (χ1n) is 5.77. The van der Waals surface area contributed by atoms with Crippen LogP contribution < -0.4 is 16.4 Å². The fourth-order valence-corrected chi connectivity index (χ4v) is 1.96. The Balaban J connectivity index is 2.00. The van der Waals surface area contributed by atoms with E-state index in [0.29, 0.717) is 12.4 Å². The van der Waals surface area contributed by atoms with Crippen LogP contribution in [0, 0.1) is 0 Å². The number of aromatic nitrogens is 3. The Bertz CT molecular complexity index is 484. The van der Waals surface area contributed by atoms with Crippen LogP contribution in [-0.4, -0.2) is 21.5 Å². The molecular formula is C11H16N6S. The van der Waals surface area contributed by atoms with Crippen molar-refractivity contribution in [3.63, 3.8) is 0 Å². The second-order valence-corrected chi connectivity index (χ2v) is 4.48. The van der Waals surface area contributed by atoms with Crippen molar-refractivity contribution in [2.75, 3.05) is 22.9 Å². The van der Waals surface area contributed by atoms with Gasteiger partial charge in [-0.3, -0.25) is 0 Å². The van der Waals surface area contributed by atoms with Crippen molar-refractivity contribution in [1.82, 2.24) is 15.0 Å². The number of nitrogen functional groups attached to an aromatic ring is 1. The van der Waals surface area contributed by atoms with E-state index in [1.165, 1.54) is 0 Å². The van der Waals surface area contributed by atoms with Crippen molar-refractivity contribution in [3.05, 3.63) is 22.7 Å². The fourth-order valence-electron chi connectivity index (χ4n) is 1.41. The fraction of sp³-hybridized carbons (Fsp3) is 0.364. The molecule has 18 heavy (non-hydrogen) atoms. The average molecular weight is 264 g/mol. The molecule has 0 spiro atoms. The number of thiazole rings is 1. The zero-order chi connectivity index (χ0) is 12.8. The summed E-state index contributed by atoms with van der Waals surface area (Å²) in [7, 11) is 0. The van der Waals surface area contributed by atoms with E-state index in [1.807, 2.05) is 11.4 Å². The van der Waals surface area contributed by atoms with Gasteiger partial charge in [0, 0.05) is 18.0 Å². The van der Waals surface area contributed by atoms with E-state index in [2.05, 4.69) is 32.5 Å². The second-order valence-electron chi connectivity index (χ2n) is 3.76. The summed E-state index contributed by atoms with van der Waals surface area (Å²) >= 11 is 1.57. The van der Waals surface area contributed by atoms with E-state index >= 15 is 0 Å². The summed E-state index contributed by atoms with van der Waals surface area (Å²) in [6.45, 7) is 3.59. The lowest BCUT2D eigenvalue weighted by atomic mass is 10.4. The Morgan fingerprint density at radius 3 is 2.72 bits per heavy atom. The van der Waals surface area contributed by atoms with Crippen LogP contribution in [0.5, 0.6) is 0 Å². The third-order valence-electron chi connectivity index (χ3n) is 2.23. The summed E-state index contributed by atoms with van der Waals surface area (Å²) in [6, 6.07) is 1.85. The molecule has 0 aromatic carbocycles. The predicted octanol–water partition coefficient (Wildman–Crippen LogP) is 1.95. The van der Waals surface area contributed by atoms with Gasteiger partial charge in [0.05, 0.1) is 17.7 Å². The average Bonchev–Trinajstić information content (AvgIpc) is 2.86. The molecule has 6 nitrogen and oxygen atoms in total. The van der Waals surface area contributed by atoms with Gasteiger partial charge >= 0.3 is 0 Å². The molecule has 0 radical (unpaired) electrons. The summed E-state index contributed by atoms with van der Waals surface area (Å²) in [5.41, 5.74) is 8.46. The molecule has 0 aliphatic rings. The van der Waals surface area contributed by atoms with E-state index < -0.39 is 0 Å². The molecule has 0 bridgehead atoms. The first kappa shape index (κ1) is 12.6. The van der Waals surface area contributed by atoms with E-state index in [0.717, 1.165) is 24.5 Å². The molecular weight excluding hydrogens is 248 g/mol. The van der Waals surface area contributed by atoms with Crippen LogP contribution >= 0.6 is 11.3 Å². The number of hydrogen-bond acceptors (Lipinski definition) is 7. The van der Waals surface area contributed by atoms with Gasteiger partial charge in [0.15, 0.2) is 0 Å². The van der Waals surface area contributed by atoms with Gasteiger partial charge in [0.1, 0.15) is 11.6 Å². The van der Waals surface area contributed by atoms with Crippen molar-refractivity contribution in [3.8, 4) is 0 Å². The van der Waals surface area contributed by atoms with Gasteiger partial charge in [-0.15, -0.1) is 11.3 Å². The normalized spacial score (nSPS) is 10.3. The number of nitrogens with zero attached hydrogens (tertiary/aromatic N) is 3. The zero-order valence-corrected chi connectivity index (χ0v) is 11.0. The molecule has 96 valence electrons. The Kier molecular flexibility index (Phi) is 4.30. The third-order valence-corrected chi connectivity index (χ3v) is 2.87. The van der Waals surface area contributed by atoms with Crippen LogP contribution in [0.2, 0.25) is 0 Å². The van der Waals surface area contributed by atoms with Gasteiger partial charge < -0.3 is 16.4 Å². The van der Waals surface area contributed by atoms with Crippen molar-refractivity contribution in [1.29, 1.82) is 0 Å². The monoisotopic (exact) mass is 264 g/mol. The van der Waals surface area contributed by atoms with Crippen molar-refractivity contribution in [2.24, 2.45) is 0 Å². The van der Waals surface area contributed by atoms with E-state index in [4.69, 9.17) is 5.73 Å². The minimum Gasteiger partial charge on any atom is -0.370 e. The zero-order valence-electron chi connectivity index (χ0n) is 10.2. The number of nitrogens with two attached hydrogens (primary N) is 1. The lowest BCUT2D eigenvalue weighted by molar-refractivity contribution is 0.964. The molecule has 2 heterocycles. The van der Waals surface area contributed by atoms with Crippen molar-refractivity contribution in [2.45, 2.75) is 19.9 Å². The topological polar surface area (TPSA) is 88.8 Å². The Morgan fingerprint density at radius 1 is 1.28 bits per heavy atom. The summed E-state index contributed by atoms with van der Waals surface area (Å²) < 4.78 is 0. The van der Waals surface area contributed by atoms with Gasteiger partial charge in [-0.25, -0.2) is 4.98 Å².